The Balaban J connectivity index is 0.00000120. The molecule has 1 aromatic heterocycles. The summed E-state index contributed by atoms with van der Waals surface area (Å²) in [5.74, 6) is -0.101. The molecule has 0 saturated carbocycles. The minimum Gasteiger partial charge on any atom is -0.347 e. The smallest absolute Gasteiger partial charge is 0.272 e. The largest absolute Gasteiger partial charge is 0.347 e. The molecule has 2 aromatic rings. The molecule has 18 heavy (non-hydrogen) atoms. The Labute approximate surface area is 111 Å². The molecule has 6 heteroatoms. The molecule has 1 aromatic carbocycles. The van der Waals surface area contributed by atoms with Crippen LogP contribution in [0.4, 0.5) is 0 Å². The lowest BCUT2D eigenvalue weighted by atomic mass is 10.2. The van der Waals surface area contributed by atoms with Gasteiger partial charge < -0.3 is 10.6 Å². The van der Waals surface area contributed by atoms with E-state index in [9.17, 15) is 4.79 Å². The third-order valence-corrected chi connectivity index (χ3v) is 3.08. The molecular formula is C12H15ClN4O. The molecule has 2 heterocycles. The second-order valence-corrected chi connectivity index (χ2v) is 4.28. The molecule has 1 aliphatic rings. The van der Waals surface area contributed by atoms with Gasteiger partial charge in [0.2, 0.25) is 0 Å². The molecule has 3 N–H and O–H groups in total. The normalized spacial score (nSPS) is 18.6. The molecular weight excluding hydrogens is 252 g/mol. The summed E-state index contributed by atoms with van der Waals surface area (Å²) in [4.78, 5) is 12.1. The zero-order valence-electron chi connectivity index (χ0n) is 9.77. The number of rotatable bonds is 2. The number of hydrogen-bond donors (Lipinski definition) is 3. The molecule has 1 aliphatic heterocycles. The van der Waals surface area contributed by atoms with Crippen LogP contribution in [0.2, 0.25) is 0 Å². The Morgan fingerprint density at radius 1 is 1.39 bits per heavy atom. The molecule has 1 atom stereocenters. The van der Waals surface area contributed by atoms with Gasteiger partial charge in [-0.2, -0.15) is 5.10 Å². The fourth-order valence-corrected chi connectivity index (χ4v) is 2.17. The van der Waals surface area contributed by atoms with Crippen molar-refractivity contribution in [1.82, 2.24) is 20.8 Å². The fraction of sp³-hybridized carbons (Fsp3) is 0.333. The van der Waals surface area contributed by atoms with Crippen LogP contribution in [0.15, 0.2) is 24.3 Å². The van der Waals surface area contributed by atoms with Gasteiger partial charge in [-0.05, 0) is 19.0 Å². The Morgan fingerprint density at radius 2 is 2.22 bits per heavy atom. The van der Waals surface area contributed by atoms with E-state index in [0.717, 1.165) is 30.4 Å². The van der Waals surface area contributed by atoms with E-state index in [1.165, 1.54) is 0 Å². The van der Waals surface area contributed by atoms with Crippen LogP contribution in [0, 0.1) is 0 Å². The number of nitrogens with one attached hydrogen (secondary N) is 3. The third-order valence-electron chi connectivity index (χ3n) is 3.08. The number of carbonyl (C=O) groups excluding carboxylic acids is 1. The van der Waals surface area contributed by atoms with Crippen molar-refractivity contribution >= 4 is 29.2 Å². The van der Waals surface area contributed by atoms with E-state index in [1.54, 1.807) is 0 Å². The first-order chi connectivity index (χ1) is 8.34. The molecule has 1 saturated heterocycles. The monoisotopic (exact) mass is 266 g/mol. The summed E-state index contributed by atoms with van der Waals surface area (Å²) in [5.41, 5.74) is 1.37. The SMILES string of the molecule is Cl.O=C(NC1CCNC1)c1n[nH]c2ccccc12. The maximum atomic E-state index is 12.1. The van der Waals surface area contributed by atoms with Gasteiger partial charge in [0.15, 0.2) is 5.69 Å². The second kappa shape index (κ2) is 5.37. The number of H-pyrrole nitrogens is 1. The fourth-order valence-electron chi connectivity index (χ4n) is 2.17. The van der Waals surface area contributed by atoms with Crippen LogP contribution in [-0.4, -0.2) is 35.2 Å². The summed E-state index contributed by atoms with van der Waals surface area (Å²) in [6.07, 6.45) is 0.980. The van der Waals surface area contributed by atoms with E-state index in [2.05, 4.69) is 20.8 Å². The van der Waals surface area contributed by atoms with Crippen LogP contribution >= 0.6 is 12.4 Å². The minimum absolute atomic E-state index is 0. The van der Waals surface area contributed by atoms with Crippen LogP contribution in [-0.2, 0) is 0 Å². The van der Waals surface area contributed by atoms with Gasteiger partial charge in [-0.25, -0.2) is 0 Å². The van der Waals surface area contributed by atoms with Crippen LogP contribution in [0.3, 0.4) is 0 Å². The van der Waals surface area contributed by atoms with E-state index in [1.807, 2.05) is 24.3 Å². The average molecular weight is 267 g/mol. The average Bonchev–Trinajstić information content (AvgIpc) is 2.96. The molecule has 0 aliphatic carbocycles. The van der Waals surface area contributed by atoms with Crippen molar-refractivity contribution in [2.24, 2.45) is 0 Å². The highest BCUT2D eigenvalue weighted by molar-refractivity contribution is 6.04. The highest BCUT2D eigenvalue weighted by Crippen LogP contribution is 2.15. The Hall–Kier alpha value is -1.59. The van der Waals surface area contributed by atoms with Gasteiger partial charge in [-0.15, -0.1) is 12.4 Å². The van der Waals surface area contributed by atoms with E-state index < -0.39 is 0 Å². The highest BCUT2D eigenvalue weighted by Gasteiger charge is 2.20. The number of hydrogen-bond acceptors (Lipinski definition) is 3. The van der Waals surface area contributed by atoms with Gasteiger partial charge >= 0.3 is 0 Å². The molecule has 0 bridgehead atoms. The van der Waals surface area contributed by atoms with E-state index in [4.69, 9.17) is 0 Å². The summed E-state index contributed by atoms with van der Waals surface area (Å²) in [6.45, 7) is 1.81. The number of para-hydroxylation sites is 1. The summed E-state index contributed by atoms with van der Waals surface area (Å²) in [5, 5.41) is 14.0. The number of nitrogens with zero attached hydrogens (tertiary/aromatic N) is 1. The number of amides is 1. The maximum absolute atomic E-state index is 12.1. The molecule has 1 unspecified atom stereocenters. The lowest BCUT2D eigenvalue weighted by Gasteiger charge is -2.09. The van der Waals surface area contributed by atoms with Crippen LogP contribution < -0.4 is 10.6 Å². The first-order valence-corrected chi connectivity index (χ1v) is 5.79. The quantitative estimate of drug-likeness (QED) is 0.762. The van der Waals surface area contributed by atoms with Crippen LogP contribution in [0.1, 0.15) is 16.9 Å². The number of aromatic nitrogens is 2. The predicted molar refractivity (Wildman–Crippen MR) is 72.1 cm³/mol. The number of halogens is 1. The van der Waals surface area contributed by atoms with Gasteiger partial charge in [0.05, 0.1) is 5.52 Å². The van der Waals surface area contributed by atoms with Gasteiger partial charge in [0.25, 0.3) is 5.91 Å². The first-order valence-electron chi connectivity index (χ1n) is 5.79. The van der Waals surface area contributed by atoms with Gasteiger partial charge in [-0.1, -0.05) is 18.2 Å². The molecule has 0 spiro atoms. The lowest BCUT2D eigenvalue weighted by Crippen LogP contribution is -2.36. The van der Waals surface area contributed by atoms with Crippen molar-refractivity contribution in [2.75, 3.05) is 13.1 Å². The van der Waals surface area contributed by atoms with Crippen molar-refractivity contribution < 1.29 is 4.79 Å². The Kier molecular flexibility index (Phi) is 3.84. The zero-order chi connectivity index (χ0) is 11.7. The summed E-state index contributed by atoms with van der Waals surface area (Å²) in [6, 6.07) is 7.86. The topological polar surface area (TPSA) is 69.8 Å². The molecule has 1 fully saturated rings. The molecule has 0 radical (unpaired) electrons. The van der Waals surface area contributed by atoms with Crippen molar-refractivity contribution in [3.63, 3.8) is 0 Å². The molecule has 5 nitrogen and oxygen atoms in total. The summed E-state index contributed by atoms with van der Waals surface area (Å²) < 4.78 is 0. The Bertz CT molecular complexity index is 548. The summed E-state index contributed by atoms with van der Waals surface area (Å²) >= 11 is 0. The summed E-state index contributed by atoms with van der Waals surface area (Å²) in [7, 11) is 0. The van der Waals surface area contributed by atoms with Crippen molar-refractivity contribution in [3.05, 3.63) is 30.0 Å². The number of aromatic amines is 1. The Morgan fingerprint density at radius 3 is 3.00 bits per heavy atom. The van der Waals surface area contributed by atoms with E-state index in [0.29, 0.717) is 5.69 Å². The lowest BCUT2D eigenvalue weighted by molar-refractivity contribution is 0.0936. The first kappa shape index (κ1) is 12.9. The van der Waals surface area contributed by atoms with Crippen molar-refractivity contribution in [3.8, 4) is 0 Å². The minimum atomic E-state index is -0.101. The van der Waals surface area contributed by atoms with E-state index in [-0.39, 0.29) is 24.4 Å². The number of carbonyl (C=O) groups is 1. The predicted octanol–water partition coefficient (Wildman–Crippen LogP) is 1.08. The number of fused-ring (bicyclic) bond motifs is 1. The zero-order valence-corrected chi connectivity index (χ0v) is 10.6. The van der Waals surface area contributed by atoms with Gasteiger partial charge in [0.1, 0.15) is 0 Å². The number of benzene rings is 1. The van der Waals surface area contributed by atoms with Crippen molar-refractivity contribution in [1.29, 1.82) is 0 Å². The van der Waals surface area contributed by atoms with Crippen molar-refractivity contribution in [2.45, 2.75) is 12.5 Å². The second-order valence-electron chi connectivity index (χ2n) is 4.28. The third kappa shape index (κ3) is 2.32. The molecule has 96 valence electrons. The highest BCUT2D eigenvalue weighted by atomic mass is 35.5. The molecule has 3 rings (SSSR count). The molecule has 1 amide bonds. The van der Waals surface area contributed by atoms with Gasteiger partial charge in [-0.3, -0.25) is 9.89 Å². The standard InChI is InChI=1S/C12H14N4O.ClH/c17-12(14-8-5-6-13-7-8)11-9-3-1-2-4-10(9)15-16-11;/h1-4,8,13H,5-7H2,(H,14,17)(H,15,16);1H. The van der Waals surface area contributed by atoms with Crippen LogP contribution in [0.5, 0.6) is 0 Å². The van der Waals surface area contributed by atoms with Gasteiger partial charge in [0, 0.05) is 18.0 Å². The van der Waals surface area contributed by atoms with E-state index >= 15 is 0 Å². The maximum Gasteiger partial charge on any atom is 0.272 e. The van der Waals surface area contributed by atoms with Crippen LogP contribution in [0.25, 0.3) is 10.9 Å².